The van der Waals surface area contributed by atoms with Gasteiger partial charge in [-0.25, -0.2) is 12.8 Å². The van der Waals surface area contributed by atoms with E-state index >= 15 is 0 Å². The zero-order valence-electron chi connectivity index (χ0n) is 8.62. The highest BCUT2D eigenvalue weighted by Crippen LogP contribution is 2.38. The van der Waals surface area contributed by atoms with Crippen LogP contribution in [0.2, 0.25) is 0 Å². The van der Waals surface area contributed by atoms with Crippen LogP contribution in [0.3, 0.4) is 0 Å². The summed E-state index contributed by atoms with van der Waals surface area (Å²) < 4.78 is 36.0. The van der Waals surface area contributed by atoms with Gasteiger partial charge in [-0.15, -0.1) is 0 Å². The number of benzene rings is 1. The van der Waals surface area contributed by atoms with Gasteiger partial charge in [-0.2, -0.15) is 0 Å². The summed E-state index contributed by atoms with van der Waals surface area (Å²) in [7, 11) is 1.51. The SMILES string of the molecule is O=S(=O)(Cl)c1cccc(CC2(F)CCC2)c1. The van der Waals surface area contributed by atoms with Crippen molar-refractivity contribution >= 4 is 19.7 Å². The molecule has 0 N–H and O–H groups in total. The summed E-state index contributed by atoms with van der Waals surface area (Å²) in [6.45, 7) is 0. The van der Waals surface area contributed by atoms with Gasteiger partial charge >= 0.3 is 0 Å². The Kier molecular flexibility index (Phi) is 2.97. The van der Waals surface area contributed by atoms with Gasteiger partial charge in [0.05, 0.1) is 4.90 Å². The van der Waals surface area contributed by atoms with E-state index in [9.17, 15) is 12.8 Å². The molecule has 88 valence electrons. The third kappa shape index (κ3) is 2.55. The van der Waals surface area contributed by atoms with Crippen LogP contribution in [0.1, 0.15) is 24.8 Å². The molecule has 16 heavy (non-hydrogen) atoms. The smallest absolute Gasteiger partial charge is 0.244 e. The molecule has 2 nitrogen and oxygen atoms in total. The zero-order valence-corrected chi connectivity index (χ0v) is 10.2. The predicted molar refractivity (Wildman–Crippen MR) is 60.9 cm³/mol. The van der Waals surface area contributed by atoms with Gasteiger partial charge in [0.2, 0.25) is 0 Å². The Morgan fingerprint density at radius 2 is 2.06 bits per heavy atom. The summed E-state index contributed by atoms with van der Waals surface area (Å²) in [5.74, 6) is 0. The second-order valence-corrected chi connectivity index (χ2v) is 6.83. The topological polar surface area (TPSA) is 34.1 Å². The molecule has 0 unspecified atom stereocenters. The second-order valence-electron chi connectivity index (χ2n) is 4.27. The van der Waals surface area contributed by atoms with Crippen LogP contribution in [0.15, 0.2) is 29.2 Å². The third-order valence-corrected chi connectivity index (χ3v) is 4.30. The van der Waals surface area contributed by atoms with E-state index in [2.05, 4.69) is 0 Å². The van der Waals surface area contributed by atoms with Crippen molar-refractivity contribution in [2.75, 3.05) is 0 Å². The normalized spacial score (nSPS) is 19.1. The van der Waals surface area contributed by atoms with Crippen LogP contribution in [0.5, 0.6) is 0 Å². The highest BCUT2D eigenvalue weighted by Gasteiger charge is 2.36. The number of halogens is 2. The molecular weight excluding hydrogens is 251 g/mol. The van der Waals surface area contributed by atoms with Gasteiger partial charge in [-0.05, 0) is 37.0 Å². The first-order valence-electron chi connectivity index (χ1n) is 5.12. The number of hydrogen-bond donors (Lipinski definition) is 0. The average molecular weight is 263 g/mol. The van der Waals surface area contributed by atoms with E-state index in [0.29, 0.717) is 18.4 Å². The van der Waals surface area contributed by atoms with E-state index in [-0.39, 0.29) is 11.3 Å². The molecule has 0 spiro atoms. The molecule has 1 aliphatic rings. The fraction of sp³-hybridized carbons (Fsp3) is 0.455. The highest BCUT2D eigenvalue weighted by atomic mass is 35.7. The molecule has 0 radical (unpaired) electrons. The molecule has 0 atom stereocenters. The van der Waals surface area contributed by atoms with Crippen LogP contribution < -0.4 is 0 Å². The first kappa shape index (κ1) is 11.9. The van der Waals surface area contributed by atoms with Crippen molar-refractivity contribution in [2.45, 2.75) is 36.2 Å². The van der Waals surface area contributed by atoms with Crippen molar-refractivity contribution in [3.63, 3.8) is 0 Å². The zero-order chi connectivity index (χ0) is 11.8. The van der Waals surface area contributed by atoms with Crippen LogP contribution in [0.4, 0.5) is 4.39 Å². The Hall–Kier alpha value is -0.610. The lowest BCUT2D eigenvalue weighted by Gasteiger charge is -2.33. The lowest BCUT2D eigenvalue weighted by atomic mass is 9.78. The molecule has 1 fully saturated rings. The fourth-order valence-corrected chi connectivity index (χ4v) is 2.73. The Morgan fingerprint density at radius 3 is 2.56 bits per heavy atom. The third-order valence-electron chi connectivity index (χ3n) is 2.95. The van der Waals surface area contributed by atoms with Gasteiger partial charge in [-0.1, -0.05) is 12.1 Å². The fourth-order valence-electron chi connectivity index (χ4n) is 1.91. The summed E-state index contributed by atoms with van der Waals surface area (Å²) in [5, 5.41) is 0. The molecule has 2 rings (SSSR count). The van der Waals surface area contributed by atoms with Gasteiger partial charge in [0.15, 0.2) is 0 Å². The van der Waals surface area contributed by atoms with Crippen molar-refractivity contribution in [1.82, 2.24) is 0 Å². The molecule has 0 amide bonds. The van der Waals surface area contributed by atoms with Crippen LogP contribution in [0.25, 0.3) is 0 Å². The first-order valence-corrected chi connectivity index (χ1v) is 7.43. The van der Waals surface area contributed by atoms with Crippen molar-refractivity contribution in [3.05, 3.63) is 29.8 Å². The molecule has 0 aromatic heterocycles. The molecule has 0 heterocycles. The minimum absolute atomic E-state index is 0.0367. The van der Waals surface area contributed by atoms with Gasteiger partial charge in [0, 0.05) is 17.1 Å². The van der Waals surface area contributed by atoms with E-state index in [0.717, 1.165) is 6.42 Å². The van der Waals surface area contributed by atoms with Crippen molar-refractivity contribution in [2.24, 2.45) is 0 Å². The largest absolute Gasteiger partial charge is 0.261 e. The summed E-state index contributed by atoms with van der Waals surface area (Å²) in [6, 6.07) is 6.18. The highest BCUT2D eigenvalue weighted by molar-refractivity contribution is 8.13. The molecule has 1 aliphatic carbocycles. The number of rotatable bonds is 3. The van der Waals surface area contributed by atoms with E-state index in [1.54, 1.807) is 12.1 Å². The van der Waals surface area contributed by atoms with E-state index < -0.39 is 14.7 Å². The van der Waals surface area contributed by atoms with Crippen molar-refractivity contribution in [1.29, 1.82) is 0 Å². The van der Waals surface area contributed by atoms with Crippen LogP contribution >= 0.6 is 10.7 Å². The Balaban J connectivity index is 2.23. The first-order chi connectivity index (χ1) is 7.39. The molecule has 0 bridgehead atoms. The number of hydrogen-bond acceptors (Lipinski definition) is 2. The van der Waals surface area contributed by atoms with Crippen LogP contribution in [-0.2, 0) is 15.5 Å². The molecule has 1 aromatic carbocycles. The average Bonchev–Trinajstić information content (AvgIpc) is 2.14. The Bertz CT molecular complexity index is 494. The van der Waals surface area contributed by atoms with Gasteiger partial charge in [-0.3, -0.25) is 0 Å². The van der Waals surface area contributed by atoms with Gasteiger partial charge < -0.3 is 0 Å². The van der Waals surface area contributed by atoms with Crippen LogP contribution in [0, 0.1) is 0 Å². The van der Waals surface area contributed by atoms with Gasteiger partial charge in [0.1, 0.15) is 5.67 Å². The maximum absolute atomic E-state index is 13.8. The summed E-state index contributed by atoms with van der Waals surface area (Å²) in [6.07, 6.45) is 2.30. The van der Waals surface area contributed by atoms with E-state index in [1.165, 1.54) is 12.1 Å². The molecule has 1 saturated carbocycles. The Morgan fingerprint density at radius 1 is 1.38 bits per heavy atom. The quantitative estimate of drug-likeness (QED) is 0.785. The molecule has 5 heteroatoms. The molecular formula is C11H12ClFO2S. The van der Waals surface area contributed by atoms with E-state index in [4.69, 9.17) is 10.7 Å². The van der Waals surface area contributed by atoms with Gasteiger partial charge in [0.25, 0.3) is 9.05 Å². The summed E-state index contributed by atoms with van der Waals surface area (Å²) >= 11 is 0. The predicted octanol–water partition coefficient (Wildman–Crippen LogP) is 3.05. The standard InChI is InChI=1S/C11H12ClFO2S/c12-16(14,15)10-4-1-3-9(7-10)8-11(13)5-2-6-11/h1,3-4,7H,2,5-6,8H2. The summed E-state index contributed by atoms with van der Waals surface area (Å²) in [4.78, 5) is 0.0367. The maximum atomic E-state index is 13.8. The maximum Gasteiger partial charge on any atom is 0.261 e. The minimum atomic E-state index is -3.72. The monoisotopic (exact) mass is 262 g/mol. The Labute approximate surface area is 98.8 Å². The molecule has 0 saturated heterocycles. The lowest BCUT2D eigenvalue weighted by molar-refractivity contribution is 0.0641. The molecule has 1 aromatic rings. The van der Waals surface area contributed by atoms with Crippen molar-refractivity contribution < 1.29 is 12.8 Å². The second kappa shape index (κ2) is 4.00. The number of alkyl halides is 1. The minimum Gasteiger partial charge on any atom is -0.244 e. The molecule has 0 aliphatic heterocycles. The lowest BCUT2D eigenvalue weighted by Crippen LogP contribution is -2.34. The van der Waals surface area contributed by atoms with Crippen LogP contribution in [-0.4, -0.2) is 14.1 Å². The van der Waals surface area contributed by atoms with Crippen molar-refractivity contribution in [3.8, 4) is 0 Å². The van der Waals surface area contributed by atoms with E-state index in [1.807, 2.05) is 0 Å². The summed E-state index contributed by atoms with van der Waals surface area (Å²) in [5.41, 5.74) is -0.460.